The number of carboxylic acids is 1. The quantitative estimate of drug-likeness (QED) is 0.0159. The number of guanidine groups is 1. The van der Waals surface area contributed by atoms with Crippen LogP contribution in [0.3, 0.4) is 0 Å². The molecule has 372 valence electrons. The Balaban J connectivity index is 0.0000107. The van der Waals surface area contributed by atoms with Gasteiger partial charge in [0, 0.05) is 38.7 Å². The first-order chi connectivity index (χ1) is 31.2. The van der Waals surface area contributed by atoms with Crippen molar-refractivity contribution in [3.63, 3.8) is 0 Å². The molecule has 0 spiro atoms. The van der Waals surface area contributed by atoms with Crippen molar-refractivity contribution in [1.29, 1.82) is 0 Å². The first-order valence-electron chi connectivity index (χ1n) is 21.2. The SMILES string of the molecule is C[C@@H](O)[C@H](NC(=O)CNC(=O)[C@H](C[S-])[N-]C(=O)[C@H](CO)[N-]C(=O)CN(C)C)C(=O)N[C@@H](CCCCN)C(=O)N1CCC[C@H]1C(=O)N1CCC[C@H]1C(=O)N[C@@H](CCCN=C(N)N)C(=O)O.[O]=[Tc+3]. The van der Waals surface area contributed by atoms with E-state index in [0.717, 1.165) is 18.9 Å². The number of likely N-dealkylation sites (tertiary alicyclic amines) is 2. The summed E-state index contributed by atoms with van der Waals surface area (Å²) in [5.41, 5.74) is 16.3. The Kier molecular flexibility index (Phi) is 27.9. The second-order valence-corrected chi connectivity index (χ2v) is 16.0. The molecule has 2 aliphatic heterocycles. The summed E-state index contributed by atoms with van der Waals surface area (Å²) >= 11 is 5.84. The van der Waals surface area contributed by atoms with Crippen molar-refractivity contribution < 1.29 is 80.8 Å². The summed E-state index contributed by atoms with van der Waals surface area (Å²) in [6.07, 6.45) is 1.09. The molecular weight excluding hydrogens is 977 g/mol. The van der Waals surface area contributed by atoms with Crippen molar-refractivity contribution in [3.05, 3.63) is 10.6 Å². The van der Waals surface area contributed by atoms with E-state index in [1.54, 1.807) is 14.1 Å². The number of unbranched alkanes of at least 4 members (excludes halogenated alkanes) is 1. The normalized spacial score (nSPS) is 18.2. The number of nitrogens with one attached hydrogen (secondary N) is 4. The monoisotopic (exact) mass is 1040 g/mol. The van der Waals surface area contributed by atoms with Crippen LogP contribution < -0.4 is 38.5 Å². The van der Waals surface area contributed by atoms with E-state index in [2.05, 4.69) is 36.9 Å². The molecule has 2 saturated heterocycles. The summed E-state index contributed by atoms with van der Waals surface area (Å²) in [5, 5.41) is 46.7. The number of likely N-dealkylation sites (N-methyl/N-ethyl adjacent to an activating group) is 1. The number of aliphatic carboxylic acids is 1. The number of rotatable bonds is 27. The van der Waals surface area contributed by atoms with Crippen molar-refractivity contribution in [1.82, 2.24) is 36.0 Å². The van der Waals surface area contributed by atoms with E-state index in [0.29, 0.717) is 25.7 Å². The molecule has 13 N–H and O–H groups in total. The summed E-state index contributed by atoms with van der Waals surface area (Å²) < 4.78 is 8.22. The van der Waals surface area contributed by atoms with Crippen molar-refractivity contribution >= 4 is 71.8 Å². The average Bonchev–Trinajstić information content (AvgIpc) is 3.97. The van der Waals surface area contributed by atoms with E-state index >= 15 is 0 Å². The van der Waals surface area contributed by atoms with Crippen LogP contribution in [0.5, 0.6) is 0 Å². The summed E-state index contributed by atoms with van der Waals surface area (Å²) in [5.74, 6) is -8.32. The number of carboxylic acid groups (broad SMARTS) is 1. The first kappa shape index (κ1) is 59.2. The van der Waals surface area contributed by atoms with Crippen molar-refractivity contribution in [2.45, 2.75) is 113 Å². The minimum atomic E-state index is -1.64. The van der Waals surface area contributed by atoms with Crippen LogP contribution in [0, 0.1) is 0 Å². The van der Waals surface area contributed by atoms with Gasteiger partial charge in [-0.3, -0.25) is 33.8 Å². The molecule has 8 atom stereocenters. The van der Waals surface area contributed by atoms with Crippen LogP contribution in [0.2, 0.25) is 0 Å². The zero-order chi connectivity index (χ0) is 50.1. The molecule has 0 bridgehead atoms. The van der Waals surface area contributed by atoms with Gasteiger partial charge in [0.2, 0.25) is 35.4 Å². The predicted molar refractivity (Wildman–Crippen MR) is 233 cm³/mol. The second-order valence-electron chi connectivity index (χ2n) is 15.7. The van der Waals surface area contributed by atoms with E-state index < -0.39 is 121 Å². The van der Waals surface area contributed by atoms with Crippen LogP contribution in [0.25, 0.3) is 10.6 Å². The van der Waals surface area contributed by atoms with Gasteiger partial charge in [-0.25, -0.2) is 4.79 Å². The van der Waals surface area contributed by atoms with Crippen LogP contribution in [0.15, 0.2) is 4.99 Å². The number of carbonyl (C=O) groups excluding carboxylic acids is 8. The Morgan fingerprint density at radius 2 is 1.48 bits per heavy atom. The number of hydrogen-bond acceptors (Lipinski definition) is 16. The van der Waals surface area contributed by atoms with E-state index in [9.17, 15) is 58.5 Å². The summed E-state index contributed by atoms with van der Waals surface area (Å²) in [6, 6.07) is -9.21. The number of aliphatic hydroxyl groups is 2. The van der Waals surface area contributed by atoms with Crippen molar-refractivity contribution in [2.24, 2.45) is 22.2 Å². The molecule has 2 fully saturated rings. The standard InChI is InChI=1S/C38H67N13O12S.O.Tc/c1-21(53)30(48-28(54)17-43-31(56)25(20-64)47-32(57)24(19-52)44-29(55)18-49(2)3)34(59)45-22(9-4-5-13-39)35(60)51-16-8-12-27(51)36(61)50-15-7-11-26(50)33(58)46-23(37(62)63)10-6-14-42-38(40)41;;/h21-27,30,52-53H,4-20,39H2,1-3H3,(H12,40,41,42,43,44,45,46,47,48,54,55,56,57,58,59,62,63,64);;/q;;+3/p-3/t21-,22+,23+,24+,25+,26+,27+,30+;;/m1../s1. The van der Waals surface area contributed by atoms with Crippen LogP contribution in [0.1, 0.15) is 64.7 Å². The van der Waals surface area contributed by atoms with Gasteiger partial charge in [-0.15, -0.1) is 0 Å². The maximum absolute atomic E-state index is 14.2. The molecule has 2 aliphatic rings. The molecule has 0 aromatic carbocycles. The van der Waals surface area contributed by atoms with Gasteiger partial charge in [0.15, 0.2) is 5.96 Å². The predicted octanol–water partition coefficient (Wildman–Crippen LogP) is -5.30. The zero-order valence-electron chi connectivity index (χ0n) is 37.3. The summed E-state index contributed by atoms with van der Waals surface area (Å²) in [6.45, 7) is 0.194. The number of carbonyl (C=O) groups is 9. The minimum absolute atomic E-state index is 0.0283. The van der Waals surface area contributed by atoms with Gasteiger partial charge in [0.05, 0.1) is 18.6 Å². The van der Waals surface area contributed by atoms with E-state index in [-0.39, 0.29) is 70.8 Å². The topological polar surface area (TPSA) is 408 Å². The molecule has 2 rings (SSSR count). The van der Waals surface area contributed by atoms with Gasteiger partial charge < -0.3 is 101 Å². The second kappa shape index (κ2) is 31.2. The third kappa shape index (κ3) is 19.9. The van der Waals surface area contributed by atoms with Gasteiger partial charge in [-0.1, -0.05) is 6.04 Å². The van der Waals surface area contributed by atoms with Crippen LogP contribution in [-0.2, 0) is 78.1 Å². The van der Waals surface area contributed by atoms with Gasteiger partial charge >= 0.3 is 28.3 Å². The third-order valence-electron chi connectivity index (χ3n) is 10.2. The average molecular weight is 1040 g/mol. The molecule has 0 aromatic heterocycles. The van der Waals surface area contributed by atoms with E-state index in [1.807, 2.05) is 0 Å². The van der Waals surface area contributed by atoms with Crippen LogP contribution in [-0.4, -0.2) is 203 Å². The first-order valence-corrected chi connectivity index (χ1v) is 22.5. The number of aliphatic imine (C=N–C) groups is 1. The molecule has 0 saturated carbocycles. The molecule has 8 amide bonds. The van der Waals surface area contributed by atoms with Gasteiger partial charge in [-0.2, -0.15) is 5.75 Å². The van der Waals surface area contributed by atoms with Crippen LogP contribution in [0.4, 0.5) is 0 Å². The fourth-order valence-corrected chi connectivity index (χ4v) is 7.23. The van der Waals surface area contributed by atoms with E-state index in [4.69, 9.17) is 33.3 Å². The molecule has 0 radical (unpaired) electrons. The van der Waals surface area contributed by atoms with Gasteiger partial charge in [0.1, 0.15) is 30.2 Å². The molecule has 66 heavy (non-hydrogen) atoms. The van der Waals surface area contributed by atoms with E-state index in [1.165, 1.54) is 21.6 Å². The zero-order valence-corrected chi connectivity index (χ0v) is 39.9. The number of hydrogen-bond donors (Lipinski definition) is 10. The fraction of sp³-hybridized carbons (Fsp3) is 0.737. The maximum atomic E-state index is 14.2. The number of amides is 8. The Morgan fingerprint density at radius 3 is 2.05 bits per heavy atom. The summed E-state index contributed by atoms with van der Waals surface area (Å²) in [4.78, 5) is 126. The van der Waals surface area contributed by atoms with Crippen molar-refractivity contribution in [3.8, 4) is 0 Å². The summed E-state index contributed by atoms with van der Waals surface area (Å²) in [7, 11) is 3.19. The molecule has 0 aliphatic carbocycles. The van der Waals surface area contributed by atoms with Crippen molar-refractivity contribution in [2.75, 3.05) is 65.7 Å². The Bertz CT molecular complexity index is 1690. The van der Waals surface area contributed by atoms with Gasteiger partial charge in [-0.05, 0) is 91.4 Å². The number of aliphatic hydroxyl groups excluding tert-OH is 2. The molecule has 0 unspecified atom stereocenters. The van der Waals surface area contributed by atoms with Crippen LogP contribution >= 0.6 is 0 Å². The molecule has 2 heterocycles. The molecule has 28 heteroatoms. The molecular formula is C38H64N13O13STc. The Morgan fingerprint density at radius 1 is 0.864 bits per heavy atom. The number of nitrogens with two attached hydrogens (primary N) is 3. The van der Waals surface area contributed by atoms with Gasteiger partial charge in [0.25, 0.3) is 0 Å². The third-order valence-corrected chi connectivity index (χ3v) is 10.6. The molecule has 0 aromatic rings. The Hall–Kier alpha value is -4.86. The Labute approximate surface area is 398 Å². The number of nitrogens with zero attached hydrogens (tertiary/aromatic N) is 6. The fourth-order valence-electron chi connectivity index (χ4n) is 7.01. The molecule has 26 nitrogen and oxygen atoms in total.